The summed E-state index contributed by atoms with van der Waals surface area (Å²) in [5, 5.41) is 13.4. The molecule has 0 aliphatic heterocycles. The van der Waals surface area contributed by atoms with Gasteiger partial charge in [-0.15, -0.1) is 0 Å². The minimum atomic E-state index is -1.01. The third kappa shape index (κ3) is 3.39. The molecule has 20 heavy (non-hydrogen) atoms. The summed E-state index contributed by atoms with van der Waals surface area (Å²) in [6, 6.07) is 7.43. The number of aromatic carboxylic acids is 1. The molecular formula is C16H21NO3. The summed E-state index contributed by atoms with van der Waals surface area (Å²) in [6.07, 6.45) is 2.26. The molecule has 1 heterocycles. The quantitative estimate of drug-likeness (QED) is 0.757. The molecule has 2 aromatic rings. The molecule has 0 spiro atoms. The molecule has 108 valence electrons. The van der Waals surface area contributed by atoms with Crippen molar-refractivity contribution in [3.05, 3.63) is 35.6 Å². The molecule has 0 saturated carbocycles. The van der Waals surface area contributed by atoms with Gasteiger partial charge in [-0.05, 0) is 31.4 Å². The number of para-hydroxylation sites is 1. The summed E-state index contributed by atoms with van der Waals surface area (Å²) in [5.41, 5.74) is 1.36. The highest BCUT2D eigenvalue weighted by Crippen LogP contribution is 2.25. The highest BCUT2D eigenvalue weighted by atomic mass is 16.4. The van der Waals surface area contributed by atoms with Crippen molar-refractivity contribution in [2.24, 2.45) is 5.92 Å². The topological polar surface area (TPSA) is 62.5 Å². The zero-order chi connectivity index (χ0) is 14.5. The van der Waals surface area contributed by atoms with Crippen LogP contribution in [0.2, 0.25) is 0 Å². The summed E-state index contributed by atoms with van der Waals surface area (Å²) in [6.45, 7) is 5.81. The lowest BCUT2D eigenvalue weighted by Gasteiger charge is -2.06. The summed E-state index contributed by atoms with van der Waals surface area (Å²) in [5.74, 6) is -0.274. The van der Waals surface area contributed by atoms with E-state index in [0.717, 1.165) is 23.9 Å². The molecule has 0 amide bonds. The molecule has 0 fully saturated rings. The maximum atomic E-state index is 11.2. The van der Waals surface area contributed by atoms with Gasteiger partial charge in [0, 0.05) is 17.5 Å². The summed E-state index contributed by atoms with van der Waals surface area (Å²) in [7, 11) is 0. The fraction of sp³-hybridized carbons (Fsp3) is 0.438. The van der Waals surface area contributed by atoms with Crippen LogP contribution in [0.1, 0.15) is 42.8 Å². The maximum absolute atomic E-state index is 11.2. The zero-order valence-electron chi connectivity index (χ0n) is 12.0. The van der Waals surface area contributed by atoms with Crippen LogP contribution in [0.4, 0.5) is 0 Å². The molecule has 0 saturated heterocycles. The second-order valence-electron chi connectivity index (χ2n) is 5.42. The molecule has 0 aliphatic rings. The van der Waals surface area contributed by atoms with E-state index < -0.39 is 5.97 Å². The van der Waals surface area contributed by atoms with E-state index in [2.05, 4.69) is 19.2 Å². The van der Waals surface area contributed by atoms with Crippen molar-refractivity contribution in [2.75, 3.05) is 6.54 Å². The van der Waals surface area contributed by atoms with E-state index in [1.165, 1.54) is 6.42 Å². The van der Waals surface area contributed by atoms with Gasteiger partial charge in [0.15, 0.2) is 0 Å². The highest BCUT2D eigenvalue weighted by Gasteiger charge is 2.18. The van der Waals surface area contributed by atoms with Crippen molar-refractivity contribution in [2.45, 2.75) is 33.2 Å². The largest absolute Gasteiger partial charge is 0.475 e. The van der Waals surface area contributed by atoms with Crippen LogP contribution in [0.3, 0.4) is 0 Å². The van der Waals surface area contributed by atoms with Crippen molar-refractivity contribution in [3.63, 3.8) is 0 Å². The average molecular weight is 275 g/mol. The lowest BCUT2D eigenvalue weighted by atomic mass is 10.1. The molecule has 1 aromatic heterocycles. The fourth-order valence-electron chi connectivity index (χ4n) is 2.30. The van der Waals surface area contributed by atoms with E-state index in [9.17, 15) is 9.90 Å². The van der Waals surface area contributed by atoms with Gasteiger partial charge in [0.05, 0.1) is 0 Å². The van der Waals surface area contributed by atoms with Crippen LogP contribution in [0.5, 0.6) is 0 Å². The van der Waals surface area contributed by atoms with Gasteiger partial charge in [0.1, 0.15) is 5.58 Å². The molecule has 0 atom stereocenters. The predicted molar refractivity (Wildman–Crippen MR) is 79.0 cm³/mol. The third-order valence-corrected chi connectivity index (χ3v) is 3.33. The molecule has 4 heteroatoms. The third-order valence-electron chi connectivity index (χ3n) is 3.33. The van der Waals surface area contributed by atoms with Crippen molar-refractivity contribution < 1.29 is 14.3 Å². The molecule has 1 aromatic carbocycles. The Kier molecular flexibility index (Phi) is 4.79. The van der Waals surface area contributed by atoms with Crippen LogP contribution in [-0.2, 0) is 6.54 Å². The van der Waals surface area contributed by atoms with Gasteiger partial charge in [0.2, 0.25) is 5.76 Å². The van der Waals surface area contributed by atoms with Crippen LogP contribution in [-0.4, -0.2) is 17.6 Å². The van der Waals surface area contributed by atoms with Gasteiger partial charge < -0.3 is 14.8 Å². The van der Waals surface area contributed by atoms with Gasteiger partial charge in [-0.1, -0.05) is 32.0 Å². The number of rotatable bonds is 7. The molecule has 0 bridgehead atoms. The SMILES string of the molecule is CC(C)CCCNCc1c(C(=O)O)oc2ccccc12. The van der Waals surface area contributed by atoms with Crippen LogP contribution in [0.25, 0.3) is 11.0 Å². The fourth-order valence-corrected chi connectivity index (χ4v) is 2.30. The second kappa shape index (κ2) is 6.57. The first-order valence-electron chi connectivity index (χ1n) is 7.04. The summed E-state index contributed by atoms with van der Waals surface area (Å²) >= 11 is 0. The average Bonchev–Trinajstić information content (AvgIpc) is 2.77. The van der Waals surface area contributed by atoms with E-state index in [1.54, 1.807) is 6.07 Å². The van der Waals surface area contributed by atoms with Crippen LogP contribution < -0.4 is 5.32 Å². The van der Waals surface area contributed by atoms with E-state index in [4.69, 9.17) is 4.42 Å². The number of carboxylic acid groups (broad SMARTS) is 1. The van der Waals surface area contributed by atoms with E-state index >= 15 is 0 Å². The van der Waals surface area contributed by atoms with Gasteiger partial charge in [0.25, 0.3) is 0 Å². The van der Waals surface area contributed by atoms with Crippen molar-refractivity contribution in [3.8, 4) is 0 Å². The van der Waals surface area contributed by atoms with E-state index in [-0.39, 0.29) is 5.76 Å². The molecule has 0 unspecified atom stereocenters. The summed E-state index contributed by atoms with van der Waals surface area (Å²) in [4.78, 5) is 11.2. The van der Waals surface area contributed by atoms with Gasteiger partial charge in [-0.2, -0.15) is 0 Å². The number of furan rings is 1. The standard InChI is InChI=1S/C16H21NO3/c1-11(2)6-5-9-17-10-13-12-7-3-4-8-14(12)20-15(13)16(18)19/h3-4,7-8,11,17H,5-6,9-10H2,1-2H3,(H,18,19). The smallest absolute Gasteiger partial charge is 0.372 e. The normalized spacial score (nSPS) is 11.3. The number of carboxylic acids is 1. The lowest BCUT2D eigenvalue weighted by Crippen LogP contribution is -2.16. The number of fused-ring (bicyclic) bond motifs is 1. The zero-order valence-corrected chi connectivity index (χ0v) is 12.0. The Labute approximate surface area is 118 Å². The first-order chi connectivity index (χ1) is 9.59. The van der Waals surface area contributed by atoms with Gasteiger partial charge in [-0.3, -0.25) is 0 Å². The molecule has 2 rings (SSSR count). The number of hydrogen-bond acceptors (Lipinski definition) is 3. The number of carbonyl (C=O) groups is 1. The first kappa shape index (κ1) is 14.6. The monoisotopic (exact) mass is 275 g/mol. The molecule has 0 radical (unpaired) electrons. The van der Waals surface area contributed by atoms with E-state index in [1.807, 2.05) is 18.2 Å². The number of nitrogens with one attached hydrogen (secondary N) is 1. The van der Waals surface area contributed by atoms with E-state index in [0.29, 0.717) is 18.0 Å². The molecule has 4 nitrogen and oxygen atoms in total. The van der Waals surface area contributed by atoms with Crippen molar-refractivity contribution >= 4 is 16.9 Å². The molecular weight excluding hydrogens is 254 g/mol. The Bertz CT molecular complexity index is 586. The number of benzene rings is 1. The molecule has 2 N–H and O–H groups in total. The van der Waals surface area contributed by atoms with Crippen molar-refractivity contribution in [1.29, 1.82) is 0 Å². The number of hydrogen-bond donors (Lipinski definition) is 2. The Morgan fingerprint density at radius 1 is 1.35 bits per heavy atom. The first-order valence-corrected chi connectivity index (χ1v) is 7.04. The maximum Gasteiger partial charge on any atom is 0.372 e. The summed E-state index contributed by atoms with van der Waals surface area (Å²) < 4.78 is 5.42. The Morgan fingerprint density at radius 3 is 2.80 bits per heavy atom. The molecule has 0 aliphatic carbocycles. The Hall–Kier alpha value is -1.81. The predicted octanol–water partition coefficient (Wildman–Crippen LogP) is 3.66. The second-order valence-corrected chi connectivity index (χ2v) is 5.42. The Morgan fingerprint density at radius 2 is 2.10 bits per heavy atom. The van der Waals surface area contributed by atoms with Gasteiger partial charge >= 0.3 is 5.97 Å². The lowest BCUT2D eigenvalue weighted by molar-refractivity contribution is 0.0663. The Balaban J connectivity index is 2.08. The van der Waals surface area contributed by atoms with Crippen LogP contribution in [0, 0.1) is 5.92 Å². The van der Waals surface area contributed by atoms with Crippen molar-refractivity contribution in [1.82, 2.24) is 5.32 Å². The van der Waals surface area contributed by atoms with Gasteiger partial charge in [-0.25, -0.2) is 4.79 Å². The van der Waals surface area contributed by atoms with Crippen LogP contribution in [0.15, 0.2) is 28.7 Å². The minimum absolute atomic E-state index is 0.0440. The van der Waals surface area contributed by atoms with Crippen LogP contribution >= 0.6 is 0 Å². The highest BCUT2D eigenvalue weighted by molar-refractivity contribution is 5.95. The minimum Gasteiger partial charge on any atom is -0.475 e.